The van der Waals surface area contributed by atoms with E-state index in [0.717, 1.165) is 67.2 Å². The van der Waals surface area contributed by atoms with Crippen LogP contribution in [0.15, 0.2) is 16.6 Å². The van der Waals surface area contributed by atoms with Crippen LogP contribution in [-0.2, 0) is 35.3 Å². The number of hydrogen-bond acceptors (Lipinski definition) is 8. The Bertz CT molecular complexity index is 1250. The summed E-state index contributed by atoms with van der Waals surface area (Å²) in [6, 6.07) is 4.50. The second kappa shape index (κ2) is 10.8. The van der Waals surface area contributed by atoms with Gasteiger partial charge < -0.3 is 10.1 Å². The number of rotatable bonds is 8. The average Bonchev–Trinajstić information content (AvgIpc) is 3.64. The molecular weight excluding hydrogens is 499 g/mol. The molecule has 1 aliphatic heterocycles. The molecule has 3 aromatic heterocycles. The first-order valence-electron chi connectivity index (χ1n) is 12.2. The number of carbonyl (C=O) groups is 1. The molecule has 4 heterocycles. The fourth-order valence-corrected chi connectivity index (χ4v) is 7.64. The monoisotopic (exact) mass is 527 g/mol. The molecule has 3 aromatic rings. The maximum Gasteiger partial charge on any atom is 0.235 e. The van der Waals surface area contributed by atoms with Crippen LogP contribution in [0.4, 0.5) is 5.00 Å². The van der Waals surface area contributed by atoms with Gasteiger partial charge in [0.05, 0.1) is 24.0 Å². The molecule has 10 heteroatoms. The van der Waals surface area contributed by atoms with E-state index >= 15 is 0 Å². The molecular formula is C25H29N5O2S3. The first-order chi connectivity index (χ1) is 17.1. The van der Waals surface area contributed by atoms with E-state index in [2.05, 4.69) is 51.4 Å². The van der Waals surface area contributed by atoms with Gasteiger partial charge in [0.25, 0.3) is 0 Å². The molecule has 1 N–H and O–H groups in total. The van der Waals surface area contributed by atoms with E-state index in [-0.39, 0.29) is 17.8 Å². The third kappa shape index (κ3) is 5.33. The number of anilines is 1. The molecule has 0 bridgehead atoms. The Morgan fingerprint density at radius 1 is 1.40 bits per heavy atom. The highest BCUT2D eigenvalue weighted by Crippen LogP contribution is 2.39. The normalized spacial score (nSPS) is 19.5. The molecule has 0 saturated carbocycles. The third-order valence-corrected chi connectivity index (χ3v) is 9.81. The van der Waals surface area contributed by atoms with Crippen molar-refractivity contribution in [1.29, 1.82) is 5.26 Å². The van der Waals surface area contributed by atoms with Gasteiger partial charge in [-0.2, -0.15) is 5.26 Å². The van der Waals surface area contributed by atoms with Gasteiger partial charge in [-0.25, -0.2) is 0 Å². The topological polar surface area (TPSA) is 92.8 Å². The van der Waals surface area contributed by atoms with Crippen molar-refractivity contribution < 1.29 is 9.53 Å². The first kappa shape index (κ1) is 24.5. The lowest BCUT2D eigenvalue weighted by atomic mass is 9.89. The summed E-state index contributed by atoms with van der Waals surface area (Å²) >= 11 is 4.67. The fourth-order valence-electron chi connectivity index (χ4n) is 4.70. The number of aromatic nitrogens is 3. The fraction of sp³-hybridized carbons (Fsp3) is 0.520. The summed E-state index contributed by atoms with van der Waals surface area (Å²) in [6.45, 7) is 5.85. The summed E-state index contributed by atoms with van der Waals surface area (Å²) in [5, 5.41) is 25.2. The Kier molecular flexibility index (Phi) is 7.58. The SMILES string of the molecule is CCc1cc(-c2nnc(SCC(=O)Nc3sc4c(c3C#N)CCC(C)C4)n2CC2CCCO2)cs1. The van der Waals surface area contributed by atoms with Crippen LogP contribution in [0.5, 0.6) is 0 Å². The second-order valence-electron chi connectivity index (χ2n) is 9.21. The number of nitriles is 1. The third-order valence-electron chi connectivity index (χ3n) is 6.60. The molecule has 1 saturated heterocycles. The van der Waals surface area contributed by atoms with Crippen LogP contribution in [0.3, 0.4) is 0 Å². The molecule has 0 spiro atoms. The maximum absolute atomic E-state index is 12.9. The molecule has 7 nitrogen and oxygen atoms in total. The zero-order chi connectivity index (χ0) is 24.4. The van der Waals surface area contributed by atoms with Crippen LogP contribution >= 0.6 is 34.4 Å². The molecule has 2 aliphatic rings. The van der Waals surface area contributed by atoms with Gasteiger partial charge in [0.15, 0.2) is 11.0 Å². The summed E-state index contributed by atoms with van der Waals surface area (Å²) in [4.78, 5) is 15.4. The van der Waals surface area contributed by atoms with E-state index in [4.69, 9.17) is 4.74 Å². The summed E-state index contributed by atoms with van der Waals surface area (Å²) in [6.07, 6.45) is 6.20. The number of hydrogen-bond donors (Lipinski definition) is 1. The number of thiophene rings is 2. The molecule has 5 rings (SSSR count). The van der Waals surface area contributed by atoms with Gasteiger partial charge in [0, 0.05) is 27.3 Å². The minimum Gasteiger partial charge on any atom is -0.376 e. The highest BCUT2D eigenvalue weighted by atomic mass is 32.2. The zero-order valence-corrected chi connectivity index (χ0v) is 22.5. The van der Waals surface area contributed by atoms with Crippen molar-refractivity contribution in [2.24, 2.45) is 5.92 Å². The standard InChI is InChI=1S/C25H29N5O2S3/c1-3-18-10-16(13-33-18)23-28-29-25(30(23)12-17-5-4-8-32-17)34-14-22(31)27-24-20(11-26)19-7-6-15(2)9-21(19)35-24/h10,13,15,17H,3-9,12,14H2,1-2H3,(H,27,31). The Morgan fingerprint density at radius 3 is 3.03 bits per heavy atom. The molecule has 2 atom stereocenters. The second-order valence-corrected chi connectivity index (χ2v) is 12.3. The molecule has 1 amide bonds. The van der Waals surface area contributed by atoms with Crippen LogP contribution in [0.25, 0.3) is 11.4 Å². The summed E-state index contributed by atoms with van der Waals surface area (Å²) in [5.41, 5.74) is 2.83. The van der Waals surface area contributed by atoms with Crippen LogP contribution in [-0.4, -0.2) is 39.1 Å². The largest absolute Gasteiger partial charge is 0.376 e. The molecule has 0 radical (unpaired) electrons. The van der Waals surface area contributed by atoms with Gasteiger partial charge >= 0.3 is 0 Å². The zero-order valence-electron chi connectivity index (χ0n) is 20.0. The van der Waals surface area contributed by atoms with E-state index in [1.165, 1.54) is 21.5 Å². The molecule has 0 aromatic carbocycles. The van der Waals surface area contributed by atoms with Crippen LogP contribution in [0, 0.1) is 17.2 Å². The van der Waals surface area contributed by atoms with Gasteiger partial charge in [-0.15, -0.1) is 32.9 Å². The Balaban J connectivity index is 1.31. The van der Waals surface area contributed by atoms with E-state index in [9.17, 15) is 10.1 Å². The van der Waals surface area contributed by atoms with Gasteiger partial charge in [-0.3, -0.25) is 9.36 Å². The first-order valence-corrected chi connectivity index (χ1v) is 14.8. The van der Waals surface area contributed by atoms with Crippen LogP contribution in [0.2, 0.25) is 0 Å². The summed E-state index contributed by atoms with van der Waals surface area (Å²) in [5.74, 6) is 1.52. The van der Waals surface area contributed by atoms with E-state index < -0.39 is 0 Å². The smallest absolute Gasteiger partial charge is 0.235 e. The van der Waals surface area contributed by atoms with Gasteiger partial charge in [0.1, 0.15) is 11.1 Å². The number of aryl methyl sites for hydroxylation is 1. The van der Waals surface area contributed by atoms with Crippen LogP contribution in [0.1, 0.15) is 54.0 Å². The van der Waals surface area contributed by atoms with E-state index in [0.29, 0.717) is 23.0 Å². The van der Waals surface area contributed by atoms with Crippen molar-refractivity contribution in [3.8, 4) is 17.5 Å². The predicted octanol–water partition coefficient (Wildman–Crippen LogP) is 5.54. The van der Waals surface area contributed by atoms with Gasteiger partial charge in [0.2, 0.25) is 5.91 Å². The number of nitrogens with zero attached hydrogens (tertiary/aromatic N) is 4. The highest BCUT2D eigenvalue weighted by molar-refractivity contribution is 7.99. The van der Waals surface area contributed by atoms with Crippen LogP contribution < -0.4 is 5.32 Å². The van der Waals surface area contributed by atoms with Crippen molar-refractivity contribution in [2.75, 3.05) is 17.7 Å². The van der Waals surface area contributed by atoms with Crippen molar-refractivity contribution in [2.45, 2.75) is 70.2 Å². The van der Waals surface area contributed by atoms with Gasteiger partial charge in [-0.1, -0.05) is 25.6 Å². The molecule has 2 unspecified atom stereocenters. The number of thioether (sulfide) groups is 1. The predicted molar refractivity (Wildman–Crippen MR) is 141 cm³/mol. The lowest BCUT2D eigenvalue weighted by molar-refractivity contribution is -0.113. The number of ether oxygens (including phenoxy) is 1. The quantitative estimate of drug-likeness (QED) is 0.387. The summed E-state index contributed by atoms with van der Waals surface area (Å²) in [7, 11) is 0. The number of carbonyl (C=O) groups excluding carboxylic acids is 1. The number of amides is 1. The van der Waals surface area contributed by atoms with Crippen molar-refractivity contribution >= 4 is 45.3 Å². The molecule has 1 aliphatic carbocycles. The minimum absolute atomic E-state index is 0.129. The maximum atomic E-state index is 12.9. The van der Waals surface area contributed by atoms with Gasteiger partial charge in [-0.05, 0) is 56.1 Å². The van der Waals surface area contributed by atoms with Crippen molar-refractivity contribution in [3.05, 3.63) is 32.3 Å². The molecule has 184 valence electrons. The Morgan fingerprint density at radius 2 is 2.29 bits per heavy atom. The lowest BCUT2D eigenvalue weighted by Gasteiger charge is -2.17. The minimum atomic E-state index is -0.129. The number of nitrogens with one attached hydrogen (secondary N) is 1. The summed E-state index contributed by atoms with van der Waals surface area (Å²) < 4.78 is 7.98. The Hall–Kier alpha value is -2.19. The molecule has 1 fully saturated rings. The van der Waals surface area contributed by atoms with Crippen molar-refractivity contribution in [3.63, 3.8) is 0 Å². The Labute approximate surface area is 217 Å². The highest BCUT2D eigenvalue weighted by Gasteiger charge is 2.26. The van der Waals surface area contributed by atoms with E-state index in [1.807, 2.05) is 0 Å². The van der Waals surface area contributed by atoms with Crippen molar-refractivity contribution in [1.82, 2.24) is 14.8 Å². The van der Waals surface area contributed by atoms with E-state index in [1.54, 1.807) is 22.7 Å². The average molecular weight is 528 g/mol. The molecule has 35 heavy (non-hydrogen) atoms. The lowest BCUT2D eigenvalue weighted by Crippen LogP contribution is -2.18. The number of fused-ring (bicyclic) bond motifs is 1.